The van der Waals surface area contributed by atoms with Crippen LogP contribution >= 0.6 is 0 Å². The van der Waals surface area contributed by atoms with Gasteiger partial charge in [0.15, 0.2) is 0 Å². The Hall–Kier alpha value is -1.77. The molecule has 0 bridgehead atoms. The van der Waals surface area contributed by atoms with Crippen molar-refractivity contribution in [1.82, 2.24) is 9.55 Å². The summed E-state index contributed by atoms with van der Waals surface area (Å²) in [5, 5.41) is 3.33. The first-order valence-electron chi connectivity index (χ1n) is 5.54. The molecular weight excluding hydrogens is 198 g/mol. The molecule has 0 aliphatic rings. The van der Waals surface area contributed by atoms with Gasteiger partial charge < -0.3 is 5.32 Å². The number of hydrogen-bond acceptors (Lipinski definition) is 2. The van der Waals surface area contributed by atoms with Gasteiger partial charge in [0.25, 0.3) is 0 Å². The van der Waals surface area contributed by atoms with Gasteiger partial charge in [-0.1, -0.05) is 18.2 Å². The molecule has 84 valence electrons. The second-order valence-corrected chi connectivity index (χ2v) is 4.21. The van der Waals surface area contributed by atoms with Crippen LogP contribution in [-0.2, 0) is 0 Å². The molecule has 0 spiro atoms. The van der Waals surface area contributed by atoms with Crippen molar-refractivity contribution in [2.24, 2.45) is 0 Å². The molecule has 0 fully saturated rings. The van der Waals surface area contributed by atoms with Crippen molar-refractivity contribution in [2.75, 3.05) is 5.32 Å². The van der Waals surface area contributed by atoms with Gasteiger partial charge in [0, 0.05) is 18.4 Å². The predicted octanol–water partition coefficient (Wildman–Crippen LogP) is 3.00. The smallest absolute Gasteiger partial charge is 0.207 e. The van der Waals surface area contributed by atoms with E-state index in [1.807, 2.05) is 24.5 Å². The second-order valence-electron chi connectivity index (χ2n) is 4.21. The van der Waals surface area contributed by atoms with E-state index in [-0.39, 0.29) is 0 Å². The minimum atomic E-state index is 0.380. The van der Waals surface area contributed by atoms with E-state index < -0.39 is 0 Å². The number of nitrogens with zero attached hydrogens (tertiary/aromatic N) is 2. The third-order valence-corrected chi connectivity index (χ3v) is 2.43. The molecule has 0 aliphatic heterocycles. The number of nitrogens with one attached hydrogen (secondary N) is 1. The lowest BCUT2D eigenvalue weighted by Crippen LogP contribution is -2.14. The van der Waals surface area contributed by atoms with Gasteiger partial charge in [-0.3, -0.25) is 4.57 Å². The van der Waals surface area contributed by atoms with E-state index in [4.69, 9.17) is 0 Å². The molecule has 0 unspecified atom stereocenters. The summed E-state index contributed by atoms with van der Waals surface area (Å²) in [4.78, 5) is 4.33. The highest BCUT2D eigenvalue weighted by Gasteiger charge is 2.07. The maximum absolute atomic E-state index is 4.33. The maximum atomic E-state index is 4.33. The molecule has 16 heavy (non-hydrogen) atoms. The van der Waals surface area contributed by atoms with Crippen molar-refractivity contribution in [3.05, 3.63) is 42.2 Å². The molecule has 0 radical (unpaired) electrons. The van der Waals surface area contributed by atoms with E-state index >= 15 is 0 Å². The zero-order valence-electron chi connectivity index (χ0n) is 9.94. The summed E-state index contributed by atoms with van der Waals surface area (Å²) in [6, 6.07) is 8.68. The molecule has 3 nitrogen and oxygen atoms in total. The average molecular weight is 215 g/mol. The zero-order valence-corrected chi connectivity index (χ0v) is 9.94. The highest BCUT2D eigenvalue weighted by molar-refractivity contribution is 5.46. The summed E-state index contributed by atoms with van der Waals surface area (Å²) < 4.78 is 2.08. The largest absolute Gasteiger partial charge is 0.353 e. The van der Waals surface area contributed by atoms with Crippen LogP contribution in [0, 0.1) is 6.92 Å². The van der Waals surface area contributed by atoms with E-state index in [1.54, 1.807) is 0 Å². The molecule has 1 N–H and O–H groups in total. The quantitative estimate of drug-likeness (QED) is 0.853. The van der Waals surface area contributed by atoms with E-state index in [1.165, 1.54) is 11.3 Å². The lowest BCUT2D eigenvalue weighted by atomic mass is 10.2. The fraction of sp³-hybridized carbons (Fsp3) is 0.308. The van der Waals surface area contributed by atoms with Crippen molar-refractivity contribution in [1.29, 1.82) is 0 Å². The molecule has 3 heteroatoms. The van der Waals surface area contributed by atoms with Crippen molar-refractivity contribution in [3.63, 3.8) is 0 Å². The standard InChI is InChI=1S/C13H17N3/c1-10(2)15-13-14-8-9-16(13)12-7-5-4-6-11(12)3/h4-10H,1-3H3,(H,14,15). The lowest BCUT2D eigenvalue weighted by molar-refractivity contribution is 0.863. The molecule has 0 atom stereocenters. The second kappa shape index (κ2) is 4.39. The number of para-hydroxylation sites is 1. The Morgan fingerprint density at radius 2 is 2.00 bits per heavy atom. The van der Waals surface area contributed by atoms with Crippen molar-refractivity contribution >= 4 is 5.95 Å². The number of rotatable bonds is 3. The first-order valence-corrected chi connectivity index (χ1v) is 5.54. The highest BCUT2D eigenvalue weighted by Crippen LogP contribution is 2.18. The molecule has 0 saturated heterocycles. The first-order chi connectivity index (χ1) is 7.68. The Morgan fingerprint density at radius 1 is 1.25 bits per heavy atom. The summed E-state index contributed by atoms with van der Waals surface area (Å²) in [6.07, 6.45) is 3.80. The monoisotopic (exact) mass is 215 g/mol. The Labute approximate surface area is 96.1 Å². The van der Waals surface area contributed by atoms with Gasteiger partial charge in [-0.05, 0) is 32.4 Å². The van der Waals surface area contributed by atoms with Crippen molar-refractivity contribution < 1.29 is 0 Å². The van der Waals surface area contributed by atoms with Gasteiger partial charge in [-0.15, -0.1) is 0 Å². The number of aromatic nitrogens is 2. The normalized spacial score (nSPS) is 10.8. The zero-order chi connectivity index (χ0) is 11.5. The molecule has 0 saturated carbocycles. The fourth-order valence-corrected chi connectivity index (χ4v) is 1.70. The van der Waals surface area contributed by atoms with Crippen LogP contribution in [0.4, 0.5) is 5.95 Å². The number of aryl methyl sites for hydroxylation is 1. The minimum absolute atomic E-state index is 0.380. The Balaban J connectivity index is 2.41. The van der Waals surface area contributed by atoms with Crippen LogP contribution in [0.1, 0.15) is 19.4 Å². The Bertz CT molecular complexity index is 472. The fourth-order valence-electron chi connectivity index (χ4n) is 1.70. The highest BCUT2D eigenvalue weighted by atomic mass is 15.2. The molecule has 1 aromatic carbocycles. The van der Waals surface area contributed by atoms with Crippen molar-refractivity contribution in [3.8, 4) is 5.69 Å². The van der Waals surface area contributed by atoms with Crippen LogP contribution in [0.15, 0.2) is 36.7 Å². The summed E-state index contributed by atoms with van der Waals surface area (Å²) in [6.45, 7) is 6.32. The first kappa shape index (κ1) is 10.7. The molecule has 1 aromatic heterocycles. The van der Waals surface area contributed by atoms with Gasteiger partial charge in [0.05, 0.1) is 5.69 Å². The number of imidazole rings is 1. The summed E-state index contributed by atoms with van der Waals surface area (Å²) in [7, 11) is 0. The summed E-state index contributed by atoms with van der Waals surface area (Å²) in [5.41, 5.74) is 2.41. The number of benzene rings is 1. The minimum Gasteiger partial charge on any atom is -0.353 e. The van der Waals surface area contributed by atoms with Crippen LogP contribution < -0.4 is 5.32 Å². The summed E-state index contributed by atoms with van der Waals surface area (Å²) >= 11 is 0. The molecule has 0 amide bonds. The van der Waals surface area contributed by atoms with E-state index in [2.05, 4.69) is 47.8 Å². The van der Waals surface area contributed by atoms with Crippen LogP contribution in [0.3, 0.4) is 0 Å². The van der Waals surface area contributed by atoms with Gasteiger partial charge in [-0.2, -0.15) is 0 Å². The van der Waals surface area contributed by atoms with Gasteiger partial charge in [-0.25, -0.2) is 4.98 Å². The Kier molecular flexibility index (Phi) is 2.95. The van der Waals surface area contributed by atoms with E-state index in [0.29, 0.717) is 6.04 Å². The van der Waals surface area contributed by atoms with Gasteiger partial charge in [0.2, 0.25) is 5.95 Å². The van der Waals surface area contributed by atoms with Crippen LogP contribution in [0.5, 0.6) is 0 Å². The third kappa shape index (κ3) is 2.08. The molecule has 1 heterocycles. The third-order valence-electron chi connectivity index (χ3n) is 2.43. The van der Waals surface area contributed by atoms with Gasteiger partial charge >= 0.3 is 0 Å². The van der Waals surface area contributed by atoms with Gasteiger partial charge in [0.1, 0.15) is 0 Å². The van der Waals surface area contributed by atoms with Crippen LogP contribution in [0.2, 0.25) is 0 Å². The molecular formula is C13H17N3. The maximum Gasteiger partial charge on any atom is 0.207 e. The Morgan fingerprint density at radius 3 is 2.69 bits per heavy atom. The molecule has 0 aliphatic carbocycles. The molecule has 2 aromatic rings. The number of anilines is 1. The number of hydrogen-bond donors (Lipinski definition) is 1. The van der Waals surface area contributed by atoms with E-state index in [0.717, 1.165) is 5.95 Å². The van der Waals surface area contributed by atoms with E-state index in [9.17, 15) is 0 Å². The average Bonchev–Trinajstić information content (AvgIpc) is 2.66. The SMILES string of the molecule is Cc1ccccc1-n1ccnc1NC(C)C. The van der Waals surface area contributed by atoms with Crippen LogP contribution in [0.25, 0.3) is 5.69 Å². The summed E-state index contributed by atoms with van der Waals surface area (Å²) in [5.74, 6) is 0.893. The molecule has 2 rings (SSSR count). The predicted molar refractivity (Wildman–Crippen MR) is 67.1 cm³/mol. The van der Waals surface area contributed by atoms with Crippen molar-refractivity contribution in [2.45, 2.75) is 26.8 Å². The van der Waals surface area contributed by atoms with Crippen LogP contribution in [-0.4, -0.2) is 15.6 Å². The lowest BCUT2D eigenvalue weighted by Gasteiger charge is -2.13. The topological polar surface area (TPSA) is 29.9 Å².